The minimum Gasteiger partial charge on any atom is -0.381 e. The van der Waals surface area contributed by atoms with E-state index in [1.165, 1.54) is 15.4 Å². The van der Waals surface area contributed by atoms with Gasteiger partial charge in [-0.1, -0.05) is 24.3 Å². The Hall–Kier alpha value is -4.66. The molecule has 0 bridgehead atoms. The van der Waals surface area contributed by atoms with Gasteiger partial charge in [0.2, 0.25) is 0 Å². The molecule has 0 atom stereocenters. The van der Waals surface area contributed by atoms with Gasteiger partial charge >= 0.3 is 0 Å². The lowest BCUT2D eigenvalue weighted by molar-refractivity contribution is 0.102. The van der Waals surface area contributed by atoms with E-state index in [0.29, 0.717) is 34.8 Å². The first-order chi connectivity index (χ1) is 17.7. The number of aromatic nitrogens is 4. The zero-order valence-corrected chi connectivity index (χ0v) is 21.3. The fourth-order valence-electron chi connectivity index (χ4n) is 4.71. The van der Waals surface area contributed by atoms with E-state index in [1.54, 1.807) is 33.3 Å². The Bertz CT molecular complexity index is 1780. The first kappa shape index (κ1) is 24.1. The number of anilines is 1. The number of hydrogen-bond acceptors (Lipinski definition) is 5. The third kappa shape index (κ3) is 4.18. The molecule has 9 heteroatoms. The van der Waals surface area contributed by atoms with Crippen molar-refractivity contribution in [1.82, 2.24) is 18.9 Å². The van der Waals surface area contributed by atoms with Crippen LogP contribution in [-0.4, -0.2) is 24.8 Å². The third-order valence-corrected chi connectivity index (χ3v) is 6.49. The maximum atomic E-state index is 13.3. The first-order valence-corrected chi connectivity index (χ1v) is 11.9. The van der Waals surface area contributed by atoms with Crippen molar-refractivity contribution in [2.75, 3.05) is 5.32 Å². The fourth-order valence-corrected chi connectivity index (χ4v) is 4.71. The molecule has 0 saturated carbocycles. The number of aryl methyl sites for hydroxylation is 5. The van der Waals surface area contributed by atoms with E-state index in [4.69, 9.17) is 4.52 Å². The molecule has 0 fully saturated rings. The summed E-state index contributed by atoms with van der Waals surface area (Å²) in [5.74, 6) is 0.180. The molecule has 5 aromatic rings. The fraction of sp³-hybridized carbons (Fsp3) is 0.214. The van der Waals surface area contributed by atoms with Crippen LogP contribution in [0.25, 0.3) is 33.3 Å². The second-order valence-electron chi connectivity index (χ2n) is 9.05. The molecule has 0 aliphatic heterocycles. The molecule has 0 radical (unpaired) electrons. The molecule has 1 aromatic carbocycles. The number of benzene rings is 1. The Balaban J connectivity index is 1.58. The highest BCUT2D eigenvalue weighted by atomic mass is 16.5. The number of rotatable bonds is 5. The molecule has 9 nitrogen and oxygen atoms in total. The van der Waals surface area contributed by atoms with Crippen molar-refractivity contribution in [2.24, 2.45) is 14.1 Å². The van der Waals surface area contributed by atoms with Crippen LogP contribution in [0.4, 0.5) is 5.69 Å². The molecule has 0 saturated heterocycles. The number of nitrogens with one attached hydrogen (secondary N) is 1. The predicted molar refractivity (Wildman–Crippen MR) is 143 cm³/mol. The normalized spacial score (nSPS) is 11.3. The van der Waals surface area contributed by atoms with Crippen molar-refractivity contribution in [3.8, 4) is 22.4 Å². The first-order valence-electron chi connectivity index (χ1n) is 11.9. The van der Waals surface area contributed by atoms with Crippen LogP contribution in [-0.2, 0) is 20.6 Å². The van der Waals surface area contributed by atoms with Crippen molar-refractivity contribution >= 4 is 22.5 Å². The third-order valence-electron chi connectivity index (χ3n) is 6.49. The average Bonchev–Trinajstić information content (AvgIpc) is 3.36. The number of carbonyl (C=O) groups is 1. The molecule has 37 heavy (non-hydrogen) atoms. The van der Waals surface area contributed by atoms with Crippen LogP contribution in [0.5, 0.6) is 0 Å². The second kappa shape index (κ2) is 9.09. The highest BCUT2D eigenvalue weighted by molar-refractivity contribution is 6.11. The Kier molecular flexibility index (Phi) is 5.91. The molecule has 0 aliphatic rings. The number of nitrogens with zero attached hydrogens (tertiary/aromatic N) is 4. The monoisotopic (exact) mass is 497 g/mol. The van der Waals surface area contributed by atoms with Crippen molar-refractivity contribution in [3.63, 3.8) is 0 Å². The van der Waals surface area contributed by atoms with Gasteiger partial charge in [-0.05, 0) is 50.1 Å². The highest BCUT2D eigenvalue weighted by Crippen LogP contribution is 2.32. The minimum absolute atomic E-state index is 0.179. The standard InChI is InChI=1S/C28H27N5O4/c1-6-33-22(18-7-9-19(10-8-18)24-17(3)37-32(5)28(24)36)14-20-13-16(2)29-25(26(20)33)27(35)30-21-11-12-31(4)23(34)15-21/h7-15H,6H2,1-5H3,(H,30,35). The summed E-state index contributed by atoms with van der Waals surface area (Å²) in [6.45, 7) is 6.24. The van der Waals surface area contributed by atoms with Gasteiger partial charge in [-0.3, -0.25) is 14.4 Å². The molecule has 4 aromatic heterocycles. The van der Waals surface area contributed by atoms with Gasteiger partial charge < -0.3 is 19.0 Å². The summed E-state index contributed by atoms with van der Waals surface area (Å²) in [6, 6.07) is 14.8. The molecule has 0 unspecified atom stereocenters. The SMILES string of the molecule is CCn1c(-c2ccc(-c3c(C)on(C)c3=O)cc2)cc2cc(C)nc(C(=O)Nc3ccn(C)c(=O)c3)c21. The summed E-state index contributed by atoms with van der Waals surface area (Å²) in [4.78, 5) is 42.4. The van der Waals surface area contributed by atoms with Gasteiger partial charge in [0.1, 0.15) is 5.76 Å². The number of carbonyl (C=O) groups excluding carboxylic acids is 1. The number of fused-ring (bicyclic) bond motifs is 1. The Labute approximate surface area is 212 Å². The number of pyridine rings is 2. The maximum absolute atomic E-state index is 13.3. The summed E-state index contributed by atoms with van der Waals surface area (Å²) in [5.41, 5.74) is 4.92. The van der Waals surface area contributed by atoms with E-state index < -0.39 is 0 Å². The van der Waals surface area contributed by atoms with Gasteiger partial charge in [-0.2, -0.15) is 4.74 Å². The van der Waals surface area contributed by atoms with Gasteiger partial charge in [0.15, 0.2) is 5.69 Å². The molecule has 4 heterocycles. The molecule has 0 aliphatic carbocycles. The van der Waals surface area contributed by atoms with Crippen LogP contribution >= 0.6 is 0 Å². The minimum atomic E-state index is -0.386. The van der Waals surface area contributed by atoms with Gasteiger partial charge in [0.05, 0.1) is 11.1 Å². The summed E-state index contributed by atoms with van der Waals surface area (Å²) in [5, 5.41) is 3.71. The Morgan fingerprint density at radius 1 is 1.00 bits per heavy atom. The van der Waals surface area contributed by atoms with Crippen LogP contribution in [0.3, 0.4) is 0 Å². The topological polar surface area (TPSA) is 104 Å². The summed E-state index contributed by atoms with van der Waals surface area (Å²) in [7, 11) is 3.24. The largest absolute Gasteiger partial charge is 0.381 e. The Morgan fingerprint density at radius 3 is 2.32 bits per heavy atom. The average molecular weight is 498 g/mol. The molecular formula is C28H27N5O4. The van der Waals surface area contributed by atoms with Crippen molar-refractivity contribution in [2.45, 2.75) is 27.3 Å². The van der Waals surface area contributed by atoms with Crippen LogP contribution in [0.15, 0.2) is 68.8 Å². The summed E-state index contributed by atoms with van der Waals surface area (Å²) < 4.78 is 10.1. The van der Waals surface area contributed by atoms with Crippen molar-refractivity contribution in [3.05, 3.63) is 92.6 Å². The van der Waals surface area contributed by atoms with Crippen molar-refractivity contribution < 1.29 is 9.32 Å². The lowest BCUT2D eigenvalue weighted by Gasteiger charge is -2.12. The molecule has 1 amide bonds. The van der Waals surface area contributed by atoms with E-state index in [1.807, 2.05) is 50.2 Å². The molecule has 5 rings (SSSR count). The van der Waals surface area contributed by atoms with Gasteiger partial charge in [0, 0.05) is 55.4 Å². The van der Waals surface area contributed by atoms with Crippen LogP contribution in [0, 0.1) is 13.8 Å². The molecule has 188 valence electrons. The zero-order chi connectivity index (χ0) is 26.4. The van der Waals surface area contributed by atoms with Crippen molar-refractivity contribution in [1.29, 1.82) is 0 Å². The highest BCUT2D eigenvalue weighted by Gasteiger charge is 2.21. The lowest BCUT2D eigenvalue weighted by Crippen LogP contribution is -2.20. The smallest absolute Gasteiger partial charge is 0.290 e. The lowest BCUT2D eigenvalue weighted by atomic mass is 10.0. The molecular weight excluding hydrogens is 470 g/mol. The quantitative estimate of drug-likeness (QED) is 0.391. The Morgan fingerprint density at radius 2 is 1.70 bits per heavy atom. The molecule has 1 N–H and O–H groups in total. The number of hydrogen-bond donors (Lipinski definition) is 1. The van der Waals surface area contributed by atoms with E-state index in [9.17, 15) is 14.4 Å². The number of amides is 1. The second-order valence-corrected chi connectivity index (χ2v) is 9.05. The summed E-state index contributed by atoms with van der Waals surface area (Å²) in [6.07, 6.45) is 1.61. The van der Waals surface area contributed by atoms with E-state index in [-0.39, 0.29) is 22.7 Å². The maximum Gasteiger partial charge on any atom is 0.290 e. The molecule has 0 spiro atoms. The van der Waals surface area contributed by atoms with Gasteiger partial charge in [0.25, 0.3) is 17.0 Å². The van der Waals surface area contributed by atoms with Crippen LogP contribution < -0.4 is 16.4 Å². The van der Waals surface area contributed by atoms with Gasteiger partial charge in [-0.15, -0.1) is 0 Å². The van der Waals surface area contributed by atoms with E-state index >= 15 is 0 Å². The van der Waals surface area contributed by atoms with E-state index in [0.717, 1.165) is 22.2 Å². The zero-order valence-electron chi connectivity index (χ0n) is 21.3. The summed E-state index contributed by atoms with van der Waals surface area (Å²) >= 11 is 0. The van der Waals surface area contributed by atoms with Gasteiger partial charge in [-0.25, -0.2) is 4.98 Å². The van der Waals surface area contributed by atoms with Crippen LogP contribution in [0.1, 0.15) is 28.9 Å². The predicted octanol–water partition coefficient (Wildman–Crippen LogP) is 4.25. The van der Waals surface area contributed by atoms with Crippen LogP contribution in [0.2, 0.25) is 0 Å². The van der Waals surface area contributed by atoms with E-state index in [2.05, 4.69) is 14.9 Å².